The molecule has 35 heavy (non-hydrogen) atoms. The summed E-state index contributed by atoms with van der Waals surface area (Å²) in [6.45, 7) is 1.39. The fourth-order valence-corrected chi connectivity index (χ4v) is 5.01. The summed E-state index contributed by atoms with van der Waals surface area (Å²) in [6.07, 6.45) is 7.45. The molecular weight excluding hydrogens is 446 g/mol. The van der Waals surface area contributed by atoms with Gasteiger partial charge < -0.3 is 30.7 Å². The fourth-order valence-electron chi connectivity index (χ4n) is 5.01. The van der Waals surface area contributed by atoms with Crippen LogP contribution in [0.2, 0.25) is 0 Å². The second-order valence-electron chi connectivity index (χ2n) is 9.41. The molecule has 0 heterocycles. The number of aliphatic hydroxyl groups is 1. The quantitative estimate of drug-likeness (QED) is 0.167. The van der Waals surface area contributed by atoms with E-state index in [2.05, 4.69) is 34.3 Å². The van der Waals surface area contributed by atoms with Gasteiger partial charge in [-0.25, -0.2) is 0 Å². The van der Waals surface area contributed by atoms with Crippen LogP contribution >= 0.6 is 0 Å². The van der Waals surface area contributed by atoms with Crippen molar-refractivity contribution in [1.82, 2.24) is 5.32 Å². The monoisotopic (exact) mass is 483 g/mol. The molecule has 0 fully saturated rings. The minimum absolute atomic E-state index is 0.0645. The molecular formula is C27H37N3O5. The van der Waals surface area contributed by atoms with E-state index in [0.29, 0.717) is 43.8 Å². The molecule has 0 aromatic heterocycles. The summed E-state index contributed by atoms with van der Waals surface area (Å²) in [6, 6.07) is 5.09. The number of benzene rings is 1. The normalized spacial score (nSPS) is 29.1. The summed E-state index contributed by atoms with van der Waals surface area (Å²) in [4.78, 5) is 15.9. The van der Waals surface area contributed by atoms with Gasteiger partial charge in [0.05, 0.1) is 24.7 Å². The maximum absolute atomic E-state index is 11.9. The zero-order chi connectivity index (χ0) is 25.4. The molecule has 1 spiro atoms. The topological polar surface area (TPSA) is 126 Å². The van der Waals surface area contributed by atoms with Gasteiger partial charge in [-0.15, -0.1) is 5.92 Å². The van der Waals surface area contributed by atoms with Crippen molar-refractivity contribution < 1.29 is 24.5 Å². The summed E-state index contributed by atoms with van der Waals surface area (Å²) in [5, 5.41) is 24.2. The summed E-state index contributed by atoms with van der Waals surface area (Å²) < 4.78 is 10.9. The average Bonchev–Trinajstić information content (AvgIpc) is 2.83. The number of nitrogens with zero attached hydrogens (tertiary/aromatic N) is 1. The second-order valence-corrected chi connectivity index (χ2v) is 9.41. The third kappa shape index (κ3) is 6.92. The van der Waals surface area contributed by atoms with Gasteiger partial charge in [0.2, 0.25) is 0 Å². The molecule has 5 atom stereocenters. The van der Waals surface area contributed by atoms with Gasteiger partial charge >= 0.3 is 5.97 Å². The van der Waals surface area contributed by atoms with Gasteiger partial charge in [-0.2, -0.15) is 0 Å². The Morgan fingerprint density at radius 2 is 2.17 bits per heavy atom. The Balaban J connectivity index is 1.95. The van der Waals surface area contributed by atoms with Crippen LogP contribution in [0, 0.1) is 23.2 Å². The van der Waals surface area contributed by atoms with Crippen molar-refractivity contribution in [2.24, 2.45) is 22.1 Å². The number of aliphatic hydroxyl groups excluding tert-OH is 1. The Kier molecular flexibility index (Phi) is 9.05. The number of phenolic OH excluding ortho intramolecular Hbond substituents is 1. The van der Waals surface area contributed by atoms with Crippen LogP contribution in [0.4, 0.5) is 0 Å². The number of hydrogen-bond acceptors (Lipinski definition) is 6. The van der Waals surface area contributed by atoms with Crippen molar-refractivity contribution in [3.05, 3.63) is 35.9 Å². The van der Waals surface area contributed by atoms with Gasteiger partial charge in [0.1, 0.15) is 6.10 Å². The highest BCUT2D eigenvalue weighted by Gasteiger charge is 2.39. The lowest BCUT2D eigenvalue weighted by Crippen LogP contribution is -2.50. The standard InChI is InChI=1S/C27H37N3O5/c1-18(31)35-23-17-21(32)11-14-27(12-5-4-8-25(27)30-26(28)29-2)13-6-7-20(23)15-19-9-10-22(33)24(16-19)34-3/h4,8-10,16,20-21,23,25,32-33H,5,7,11-12,14-15,17H2,1-3H3,(H3,28,29,30)/t20-,21+,23+,25-,27+/m1/s1. The van der Waals surface area contributed by atoms with Crippen molar-refractivity contribution in [3.63, 3.8) is 0 Å². The Bertz CT molecular complexity index is 1010. The van der Waals surface area contributed by atoms with Gasteiger partial charge in [-0.05, 0) is 49.8 Å². The number of guanidine groups is 1. The lowest BCUT2D eigenvalue weighted by Gasteiger charge is -2.39. The van der Waals surface area contributed by atoms with Crippen molar-refractivity contribution in [2.45, 2.75) is 70.1 Å². The number of methoxy groups -OCH3 is 1. The molecule has 0 saturated carbocycles. The zero-order valence-electron chi connectivity index (χ0n) is 20.8. The van der Waals surface area contributed by atoms with E-state index in [1.54, 1.807) is 19.2 Å². The molecule has 0 saturated heterocycles. The van der Waals surface area contributed by atoms with Crippen molar-refractivity contribution in [1.29, 1.82) is 0 Å². The van der Waals surface area contributed by atoms with Crippen molar-refractivity contribution in [3.8, 4) is 23.3 Å². The molecule has 0 aliphatic heterocycles. The lowest BCUT2D eigenvalue weighted by molar-refractivity contribution is -0.151. The van der Waals surface area contributed by atoms with E-state index in [1.165, 1.54) is 14.0 Å². The minimum Gasteiger partial charge on any atom is -0.504 e. The van der Waals surface area contributed by atoms with E-state index >= 15 is 0 Å². The smallest absolute Gasteiger partial charge is 0.302 e. The van der Waals surface area contributed by atoms with Crippen LogP contribution in [-0.4, -0.2) is 54.5 Å². The number of nitrogens with one attached hydrogen (secondary N) is 1. The first-order chi connectivity index (χ1) is 16.8. The predicted octanol–water partition coefficient (Wildman–Crippen LogP) is 2.67. The molecule has 2 aliphatic rings. The van der Waals surface area contributed by atoms with Gasteiger partial charge in [0.15, 0.2) is 17.5 Å². The molecule has 3 rings (SSSR count). The molecule has 0 bridgehead atoms. The first-order valence-electron chi connectivity index (χ1n) is 12.1. The summed E-state index contributed by atoms with van der Waals surface area (Å²) in [5.41, 5.74) is 6.53. The SMILES string of the molecule is CN=C(N)N[C@@H]1C=CCC[C@@]12C#CC[C@H](Cc1ccc(O)c(OC)c1)[C@@H](OC(C)=O)C[C@@H](O)CC2. The molecule has 0 radical (unpaired) electrons. The van der Waals surface area contributed by atoms with Crippen LogP contribution < -0.4 is 15.8 Å². The highest BCUT2D eigenvalue weighted by Crippen LogP contribution is 2.39. The van der Waals surface area contributed by atoms with Crippen molar-refractivity contribution in [2.75, 3.05) is 14.2 Å². The molecule has 0 amide bonds. The van der Waals surface area contributed by atoms with Crippen LogP contribution in [0.15, 0.2) is 35.3 Å². The second kappa shape index (κ2) is 12.0. The highest BCUT2D eigenvalue weighted by atomic mass is 16.5. The van der Waals surface area contributed by atoms with E-state index < -0.39 is 12.2 Å². The summed E-state index contributed by atoms with van der Waals surface area (Å²) in [5.74, 6) is 7.22. The molecule has 1 aromatic carbocycles. The summed E-state index contributed by atoms with van der Waals surface area (Å²) >= 11 is 0. The predicted molar refractivity (Wildman–Crippen MR) is 135 cm³/mol. The average molecular weight is 484 g/mol. The molecule has 1 aromatic rings. The minimum atomic E-state index is -0.642. The Morgan fingerprint density at radius 3 is 2.89 bits per heavy atom. The van der Waals surface area contributed by atoms with Gasteiger partial charge in [0.25, 0.3) is 0 Å². The number of hydrogen-bond donors (Lipinski definition) is 4. The zero-order valence-corrected chi connectivity index (χ0v) is 20.8. The number of aromatic hydroxyl groups is 1. The molecule has 5 N–H and O–H groups in total. The molecule has 8 nitrogen and oxygen atoms in total. The number of nitrogens with two attached hydrogens (primary N) is 1. The number of aliphatic imine (C=N–C) groups is 1. The van der Waals surface area contributed by atoms with Crippen LogP contribution in [0.25, 0.3) is 0 Å². The maximum atomic E-state index is 11.9. The van der Waals surface area contributed by atoms with E-state index in [-0.39, 0.29) is 29.1 Å². The van der Waals surface area contributed by atoms with Crippen LogP contribution in [-0.2, 0) is 16.0 Å². The largest absolute Gasteiger partial charge is 0.504 e. The van der Waals surface area contributed by atoms with E-state index in [9.17, 15) is 15.0 Å². The summed E-state index contributed by atoms with van der Waals surface area (Å²) in [7, 11) is 3.15. The maximum Gasteiger partial charge on any atom is 0.302 e. The van der Waals surface area contributed by atoms with Gasteiger partial charge in [-0.1, -0.05) is 24.1 Å². The van der Waals surface area contributed by atoms with Crippen molar-refractivity contribution >= 4 is 11.9 Å². The first-order valence-corrected chi connectivity index (χ1v) is 12.1. The number of ether oxygens (including phenoxy) is 2. The number of carbonyl (C=O) groups excluding carboxylic acids is 1. The highest BCUT2D eigenvalue weighted by molar-refractivity contribution is 5.78. The number of esters is 1. The Labute approximate surface area is 207 Å². The van der Waals surface area contributed by atoms with E-state index in [0.717, 1.165) is 18.4 Å². The lowest BCUT2D eigenvalue weighted by atomic mass is 9.69. The number of carbonyl (C=O) groups is 1. The third-order valence-electron chi connectivity index (χ3n) is 6.94. The molecule has 190 valence electrons. The van der Waals surface area contributed by atoms with Crippen LogP contribution in [0.5, 0.6) is 11.5 Å². The molecule has 2 aliphatic carbocycles. The fraction of sp³-hybridized carbons (Fsp3) is 0.556. The van der Waals surface area contributed by atoms with Gasteiger partial charge in [0, 0.05) is 32.7 Å². The van der Waals surface area contributed by atoms with Gasteiger partial charge in [-0.3, -0.25) is 9.79 Å². The van der Waals surface area contributed by atoms with E-state index in [1.807, 2.05) is 6.07 Å². The van der Waals surface area contributed by atoms with Crippen LogP contribution in [0.1, 0.15) is 51.0 Å². The number of rotatable bonds is 5. The Hall–Kier alpha value is -3.18. The number of allylic oxidation sites excluding steroid dienone is 1. The Morgan fingerprint density at radius 1 is 1.37 bits per heavy atom. The molecule has 0 unspecified atom stereocenters. The third-order valence-corrected chi connectivity index (χ3v) is 6.94. The first kappa shape index (κ1) is 26.4. The molecule has 8 heteroatoms. The number of phenols is 1. The van der Waals surface area contributed by atoms with Crippen LogP contribution in [0.3, 0.4) is 0 Å². The van der Waals surface area contributed by atoms with E-state index in [4.69, 9.17) is 15.2 Å².